The Kier molecular flexibility index (Phi) is 4.41. The maximum absolute atomic E-state index is 2.67. The zero-order chi connectivity index (χ0) is 19.8. The third kappa shape index (κ3) is 2.42. The van der Waals surface area contributed by atoms with Crippen molar-refractivity contribution in [2.75, 3.05) is 6.16 Å². The summed E-state index contributed by atoms with van der Waals surface area (Å²) in [5.74, 6) is 0.635. The van der Waals surface area contributed by atoms with Gasteiger partial charge in [-0.3, -0.25) is 0 Å². The van der Waals surface area contributed by atoms with Crippen LogP contribution < -0.4 is 15.9 Å². The molecule has 0 aliphatic carbocycles. The minimum atomic E-state index is -2.67. The first-order chi connectivity index (χ1) is 14.3. The molecule has 1 heteroatoms. The SMILES string of the molecule is C[C@H]1CP(c2ccccc2)(c2ccccc2)(c2ccccc2)[C@@H]1c1ccccc1. The molecular formula is C28H27P. The molecule has 0 saturated carbocycles. The van der Waals surface area contributed by atoms with E-state index in [0.29, 0.717) is 11.6 Å². The van der Waals surface area contributed by atoms with E-state index in [-0.39, 0.29) is 0 Å². The van der Waals surface area contributed by atoms with E-state index in [4.69, 9.17) is 0 Å². The van der Waals surface area contributed by atoms with Gasteiger partial charge in [0.2, 0.25) is 0 Å². The first kappa shape index (κ1) is 18.3. The summed E-state index contributed by atoms with van der Waals surface area (Å²) in [6.45, 7) is -0.232. The van der Waals surface area contributed by atoms with Gasteiger partial charge < -0.3 is 0 Å². The van der Waals surface area contributed by atoms with Crippen LogP contribution in [0.25, 0.3) is 0 Å². The average Bonchev–Trinajstić information content (AvgIpc) is 2.80. The molecule has 0 nitrogen and oxygen atoms in total. The van der Waals surface area contributed by atoms with Crippen molar-refractivity contribution in [2.45, 2.75) is 12.6 Å². The number of hydrogen-bond acceptors (Lipinski definition) is 0. The molecule has 0 radical (unpaired) electrons. The summed E-state index contributed by atoms with van der Waals surface area (Å²) in [7, 11) is 0. The summed E-state index contributed by atoms with van der Waals surface area (Å²) < 4.78 is 0. The summed E-state index contributed by atoms with van der Waals surface area (Å²) in [4.78, 5) is 0. The fraction of sp³-hybridized carbons (Fsp3) is 0.143. The van der Waals surface area contributed by atoms with E-state index < -0.39 is 6.60 Å². The molecule has 0 unspecified atom stereocenters. The van der Waals surface area contributed by atoms with Crippen molar-refractivity contribution >= 4 is 22.5 Å². The van der Waals surface area contributed by atoms with E-state index in [1.54, 1.807) is 0 Å². The van der Waals surface area contributed by atoms with Gasteiger partial charge in [-0.05, 0) is 0 Å². The Labute approximate surface area is 174 Å². The molecule has 2 atom stereocenters. The monoisotopic (exact) mass is 394 g/mol. The average molecular weight is 394 g/mol. The second-order valence-electron chi connectivity index (χ2n) is 8.40. The van der Waals surface area contributed by atoms with Crippen LogP contribution in [0.2, 0.25) is 0 Å². The molecule has 144 valence electrons. The molecule has 1 aliphatic heterocycles. The van der Waals surface area contributed by atoms with Crippen LogP contribution in [0.15, 0.2) is 121 Å². The van der Waals surface area contributed by atoms with Crippen LogP contribution in [0.3, 0.4) is 0 Å². The van der Waals surface area contributed by atoms with E-state index in [1.165, 1.54) is 27.6 Å². The van der Waals surface area contributed by atoms with Crippen molar-refractivity contribution in [2.24, 2.45) is 5.92 Å². The van der Waals surface area contributed by atoms with Gasteiger partial charge in [0.25, 0.3) is 0 Å². The van der Waals surface area contributed by atoms with E-state index >= 15 is 0 Å². The molecule has 4 aromatic rings. The molecule has 0 aromatic heterocycles. The van der Waals surface area contributed by atoms with Crippen LogP contribution in [0.4, 0.5) is 0 Å². The van der Waals surface area contributed by atoms with Gasteiger partial charge in [-0.25, -0.2) is 0 Å². The molecule has 29 heavy (non-hydrogen) atoms. The molecule has 5 rings (SSSR count). The molecule has 0 N–H and O–H groups in total. The van der Waals surface area contributed by atoms with Crippen molar-refractivity contribution < 1.29 is 0 Å². The normalized spacial score (nSPS) is 23.3. The maximum atomic E-state index is 2.44. The summed E-state index contributed by atoms with van der Waals surface area (Å²) in [5, 5.41) is 4.55. The Morgan fingerprint density at radius 3 is 1.21 bits per heavy atom. The van der Waals surface area contributed by atoms with E-state index in [1.807, 2.05) is 0 Å². The van der Waals surface area contributed by atoms with Crippen molar-refractivity contribution in [3.8, 4) is 0 Å². The first-order valence-electron chi connectivity index (χ1n) is 10.5. The molecular weight excluding hydrogens is 367 g/mol. The van der Waals surface area contributed by atoms with Crippen LogP contribution in [0.1, 0.15) is 18.1 Å². The first-order valence-corrected chi connectivity index (χ1v) is 13.0. The van der Waals surface area contributed by atoms with Gasteiger partial charge >= 0.3 is 174 Å². The van der Waals surface area contributed by atoms with Gasteiger partial charge in [-0.2, -0.15) is 0 Å². The summed E-state index contributed by atoms with van der Waals surface area (Å²) in [5.41, 5.74) is 1.97. The second-order valence-corrected chi connectivity index (χ2v) is 13.6. The van der Waals surface area contributed by atoms with Gasteiger partial charge in [0, 0.05) is 0 Å². The topological polar surface area (TPSA) is 0 Å². The van der Waals surface area contributed by atoms with Crippen LogP contribution in [0, 0.1) is 5.92 Å². The van der Waals surface area contributed by atoms with E-state index in [0.717, 1.165) is 0 Å². The predicted molar refractivity (Wildman–Crippen MR) is 128 cm³/mol. The predicted octanol–water partition coefficient (Wildman–Crippen LogP) is 5.91. The molecule has 1 heterocycles. The van der Waals surface area contributed by atoms with Crippen LogP contribution in [-0.4, -0.2) is 6.16 Å². The van der Waals surface area contributed by atoms with Crippen molar-refractivity contribution in [1.82, 2.24) is 0 Å². The molecule has 0 amide bonds. The van der Waals surface area contributed by atoms with Crippen molar-refractivity contribution in [3.05, 3.63) is 127 Å². The Hall–Kier alpha value is -2.69. The van der Waals surface area contributed by atoms with Crippen LogP contribution in [0.5, 0.6) is 0 Å². The summed E-state index contributed by atoms with van der Waals surface area (Å²) >= 11 is 0. The zero-order valence-electron chi connectivity index (χ0n) is 16.9. The standard InChI is InChI=1S/C28H27P/c1-23-22-29(25-16-8-3-9-17-25,26-18-10-4-11-19-26,27-20-12-5-13-21-27)28(23)24-14-6-2-7-15-24/h2-21,23,28H,22H2,1H3/t23-,28-/m0/s1. The number of benzene rings is 4. The quantitative estimate of drug-likeness (QED) is 0.378. The van der Waals surface area contributed by atoms with E-state index in [2.05, 4.69) is 128 Å². The fourth-order valence-electron chi connectivity index (χ4n) is 6.09. The third-order valence-electron chi connectivity index (χ3n) is 7.00. The molecule has 1 fully saturated rings. The number of hydrogen-bond donors (Lipinski definition) is 0. The Morgan fingerprint density at radius 2 is 0.862 bits per heavy atom. The fourth-order valence-corrected chi connectivity index (χ4v) is 14.4. The Bertz CT molecular complexity index is 989. The van der Waals surface area contributed by atoms with Crippen molar-refractivity contribution in [3.63, 3.8) is 0 Å². The van der Waals surface area contributed by atoms with Gasteiger partial charge in [0.05, 0.1) is 0 Å². The van der Waals surface area contributed by atoms with Crippen LogP contribution >= 0.6 is 6.60 Å². The van der Waals surface area contributed by atoms with E-state index in [9.17, 15) is 0 Å². The third-order valence-corrected chi connectivity index (χ3v) is 14.8. The second kappa shape index (κ2) is 6.97. The number of rotatable bonds is 4. The van der Waals surface area contributed by atoms with Gasteiger partial charge in [0.1, 0.15) is 0 Å². The molecule has 1 aliphatic rings. The molecule has 0 spiro atoms. The summed E-state index contributed by atoms with van der Waals surface area (Å²) in [6.07, 6.45) is 1.23. The van der Waals surface area contributed by atoms with Gasteiger partial charge in [-0.15, -0.1) is 0 Å². The molecule has 1 saturated heterocycles. The van der Waals surface area contributed by atoms with Crippen LogP contribution in [-0.2, 0) is 0 Å². The molecule has 0 bridgehead atoms. The zero-order valence-corrected chi connectivity index (χ0v) is 17.8. The molecule has 4 aromatic carbocycles. The summed E-state index contributed by atoms with van der Waals surface area (Å²) in [6, 6.07) is 45.3. The Morgan fingerprint density at radius 1 is 0.517 bits per heavy atom. The minimum absolute atomic E-state index is 0.495. The van der Waals surface area contributed by atoms with Gasteiger partial charge in [0.15, 0.2) is 0 Å². The van der Waals surface area contributed by atoms with Crippen molar-refractivity contribution in [1.29, 1.82) is 0 Å². The van der Waals surface area contributed by atoms with Gasteiger partial charge in [-0.1, -0.05) is 0 Å². The Balaban J connectivity index is 1.94.